The van der Waals surface area contributed by atoms with E-state index in [4.69, 9.17) is 0 Å². The highest BCUT2D eigenvalue weighted by Gasteiger charge is 2.20. The maximum atomic E-state index is 13.1. The number of thioether (sulfide) groups is 1. The van der Waals surface area contributed by atoms with E-state index in [2.05, 4.69) is 26.3 Å². The summed E-state index contributed by atoms with van der Waals surface area (Å²) in [6.07, 6.45) is 10.5. The number of fused-ring (bicyclic) bond motifs is 1. The summed E-state index contributed by atoms with van der Waals surface area (Å²) in [6, 6.07) is 10.8. The van der Waals surface area contributed by atoms with E-state index in [1.807, 2.05) is 24.5 Å². The first kappa shape index (κ1) is 21.3. The van der Waals surface area contributed by atoms with E-state index in [-0.39, 0.29) is 17.5 Å². The molecule has 1 aliphatic rings. The van der Waals surface area contributed by atoms with Crippen LogP contribution in [0, 0.1) is 0 Å². The third kappa shape index (κ3) is 5.22. The van der Waals surface area contributed by atoms with Crippen LogP contribution in [0.25, 0.3) is 11.4 Å². The van der Waals surface area contributed by atoms with Crippen molar-refractivity contribution >= 4 is 17.7 Å². The van der Waals surface area contributed by atoms with Gasteiger partial charge in [0.1, 0.15) is 5.82 Å². The molecule has 31 heavy (non-hydrogen) atoms. The Bertz CT molecular complexity index is 1110. The molecule has 2 heterocycles. The Morgan fingerprint density at radius 2 is 2.03 bits per heavy atom. The highest BCUT2D eigenvalue weighted by Crippen LogP contribution is 2.24. The fourth-order valence-corrected chi connectivity index (χ4v) is 4.41. The molecule has 0 bridgehead atoms. The van der Waals surface area contributed by atoms with Gasteiger partial charge >= 0.3 is 0 Å². The molecule has 0 saturated heterocycles. The molecule has 3 aromatic rings. The van der Waals surface area contributed by atoms with Gasteiger partial charge in [0.2, 0.25) is 0 Å². The number of carbonyl (C=O) groups is 1. The van der Waals surface area contributed by atoms with Crippen LogP contribution in [0.15, 0.2) is 53.6 Å². The number of benzene rings is 1. The molecule has 1 unspecified atom stereocenters. The van der Waals surface area contributed by atoms with Gasteiger partial charge in [-0.2, -0.15) is 11.8 Å². The summed E-state index contributed by atoms with van der Waals surface area (Å²) in [4.78, 5) is 36.9. The van der Waals surface area contributed by atoms with Crippen molar-refractivity contribution in [2.24, 2.45) is 0 Å². The Hall–Kier alpha value is -2.93. The summed E-state index contributed by atoms with van der Waals surface area (Å²) in [5, 5.41) is 3.11. The van der Waals surface area contributed by atoms with E-state index in [0.717, 1.165) is 24.2 Å². The molecule has 2 aromatic heterocycles. The van der Waals surface area contributed by atoms with Crippen LogP contribution in [-0.4, -0.2) is 32.9 Å². The van der Waals surface area contributed by atoms with Gasteiger partial charge in [0.25, 0.3) is 11.5 Å². The average molecular weight is 435 g/mol. The third-order valence-corrected chi connectivity index (χ3v) is 6.22. The lowest BCUT2D eigenvalue weighted by Gasteiger charge is -2.20. The first-order valence-corrected chi connectivity index (χ1v) is 12.0. The van der Waals surface area contributed by atoms with Crippen LogP contribution in [0.5, 0.6) is 0 Å². The summed E-state index contributed by atoms with van der Waals surface area (Å²) >= 11 is 1.70. The van der Waals surface area contributed by atoms with Crippen LogP contribution < -0.4 is 10.9 Å². The molecule has 0 spiro atoms. The van der Waals surface area contributed by atoms with Crippen molar-refractivity contribution in [2.45, 2.75) is 38.1 Å². The lowest BCUT2D eigenvalue weighted by Crippen LogP contribution is -2.31. The Balaban J connectivity index is 1.61. The highest BCUT2D eigenvalue weighted by molar-refractivity contribution is 7.98. The van der Waals surface area contributed by atoms with E-state index in [0.29, 0.717) is 23.5 Å². The fraction of sp³-hybridized carbons (Fsp3) is 0.333. The molecule has 0 aliphatic heterocycles. The minimum absolute atomic E-state index is 0.135. The molecule has 6 nitrogen and oxygen atoms in total. The van der Waals surface area contributed by atoms with Gasteiger partial charge in [0.15, 0.2) is 0 Å². The smallest absolute Gasteiger partial charge is 0.251 e. The molecule has 1 aromatic carbocycles. The maximum absolute atomic E-state index is 13.1. The zero-order chi connectivity index (χ0) is 21.6. The molecule has 1 amide bonds. The molecule has 2 N–H and O–H groups in total. The number of hydrogen-bond donors (Lipinski definition) is 2. The number of H-pyrrole nitrogens is 1. The molecule has 1 atom stereocenters. The standard InChI is InChI=1S/C24H26N4O2S/c1-31-12-10-20(21-14-22(29)28-23(26-21)19-7-4-11-25-15-19)27-24(30)18-9-8-16-5-2-3-6-17(16)13-18/h4,7-9,11,13-15,20H,2-3,5-6,10,12H2,1H3,(H,27,30)(H,26,28,29). The molecule has 160 valence electrons. The highest BCUT2D eigenvalue weighted by atomic mass is 32.2. The third-order valence-electron chi connectivity index (χ3n) is 5.58. The quantitative estimate of drug-likeness (QED) is 0.588. The van der Waals surface area contributed by atoms with Gasteiger partial charge in [0.05, 0.1) is 11.7 Å². The van der Waals surface area contributed by atoms with Crippen molar-refractivity contribution in [3.8, 4) is 11.4 Å². The van der Waals surface area contributed by atoms with Crippen LogP contribution in [0.2, 0.25) is 0 Å². The number of pyridine rings is 1. The largest absolute Gasteiger partial charge is 0.344 e. The number of aryl methyl sites for hydroxylation is 2. The predicted molar refractivity (Wildman–Crippen MR) is 124 cm³/mol. The van der Waals surface area contributed by atoms with Crippen molar-refractivity contribution in [3.63, 3.8) is 0 Å². The van der Waals surface area contributed by atoms with E-state index in [1.165, 1.54) is 30.0 Å². The Labute approximate surface area is 185 Å². The topological polar surface area (TPSA) is 87.7 Å². The van der Waals surface area contributed by atoms with Crippen molar-refractivity contribution in [1.29, 1.82) is 0 Å². The molecular weight excluding hydrogens is 408 g/mol. The second-order valence-electron chi connectivity index (χ2n) is 7.76. The van der Waals surface area contributed by atoms with E-state index >= 15 is 0 Å². The van der Waals surface area contributed by atoms with Crippen LogP contribution >= 0.6 is 11.8 Å². The molecule has 1 aliphatic carbocycles. The second-order valence-corrected chi connectivity index (χ2v) is 8.74. The summed E-state index contributed by atoms with van der Waals surface area (Å²) < 4.78 is 0. The molecule has 0 radical (unpaired) electrons. The van der Waals surface area contributed by atoms with Crippen molar-refractivity contribution in [2.75, 3.05) is 12.0 Å². The Morgan fingerprint density at radius 3 is 2.81 bits per heavy atom. The van der Waals surface area contributed by atoms with Gasteiger partial charge in [-0.15, -0.1) is 0 Å². The monoisotopic (exact) mass is 434 g/mol. The molecule has 0 saturated carbocycles. The number of aromatic amines is 1. The minimum Gasteiger partial charge on any atom is -0.344 e. The summed E-state index contributed by atoms with van der Waals surface area (Å²) in [5.41, 5.74) is 4.31. The first-order chi connectivity index (χ1) is 15.1. The molecule has 7 heteroatoms. The second kappa shape index (κ2) is 9.92. The number of nitrogens with one attached hydrogen (secondary N) is 2. The van der Waals surface area contributed by atoms with Crippen molar-refractivity contribution < 1.29 is 4.79 Å². The van der Waals surface area contributed by atoms with Crippen LogP contribution in [-0.2, 0) is 12.8 Å². The zero-order valence-corrected chi connectivity index (χ0v) is 18.4. The van der Waals surface area contributed by atoms with Gasteiger partial charge in [-0.3, -0.25) is 14.6 Å². The molecular formula is C24H26N4O2S. The zero-order valence-electron chi connectivity index (χ0n) is 17.6. The molecule has 4 rings (SSSR count). The number of nitrogens with zero attached hydrogens (tertiary/aromatic N) is 2. The number of aromatic nitrogens is 3. The van der Waals surface area contributed by atoms with E-state index in [1.54, 1.807) is 30.2 Å². The number of carbonyl (C=O) groups excluding carboxylic acids is 1. The van der Waals surface area contributed by atoms with Gasteiger partial charge < -0.3 is 10.3 Å². The van der Waals surface area contributed by atoms with Crippen molar-refractivity contribution in [1.82, 2.24) is 20.3 Å². The normalized spacial score (nSPS) is 14.0. The number of rotatable bonds is 7. The molecule has 0 fully saturated rings. The maximum Gasteiger partial charge on any atom is 0.251 e. The van der Waals surface area contributed by atoms with Crippen LogP contribution in [0.1, 0.15) is 52.5 Å². The van der Waals surface area contributed by atoms with Crippen LogP contribution in [0.3, 0.4) is 0 Å². The fourth-order valence-electron chi connectivity index (χ4n) is 3.94. The van der Waals surface area contributed by atoms with Crippen molar-refractivity contribution in [3.05, 3.63) is 81.5 Å². The first-order valence-electron chi connectivity index (χ1n) is 10.6. The summed E-state index contributed by atoms with van der Waals surface area (Å²) in [7, 11) is 0. The summed E-state index contributed by atoms with van der Waals surface area (Å²) in [5.74, 6) is 1.16. The summed E-state index contributed by atoms with van der Waals surface area (Å²) in [6.45, 7) is 0. The minimum atomic E-state index is -0.353. The van der Waals surface area contributed by atoms with Gasteiger partial charge in [-0.1, -0.05) is 6.07 Å². The average Bonchev–Trinajstić information content (AvgIpc) is 2.81. The SMILES string of the molecule is CSCCC(NC(=O)c1ccc2c(c1)CCCC2)c1cc(=O)[nH]c(-c2cccnc2)n1. The van der Waals surface area contributed by atoms with E-state index < -0.39 is 0 Å². The number of hydrogen-bond acceptors (Lipinski definition) is 5. The van der Waals surface area contributed by atoms with Gasteiger partial charge in [-0.25, -0.2) is 4.98 Å². The van der Waals surface area contributed by atoms with Crippen LogP contribution in [0.4, 0.5) is 0 Å². The Kier molecular flexibility index (Phi) is 6.82. The lowest BCUT2D eigenvalue weighted by molar-refractivity contribution is 0.0934. The number of amides is 1. The van der Waals surface area contributed by atoms with E-state index in [9.17, 15) is 9.59 Å². The van der Waals surface area contributed by atoms with Gasteiger partial charge in [0, 0.05) is 29.6 Å². The Morgan fingerprint density at radius 1 is 1.19 bits per heavy atom. The predicted octanol–water partition coefficient (Wildman–Crippen LogP) is 3.93. The lowest BCUT2D eigenvalue weighted by atomic mass is 9.90. The van der Waals surface area contributed by atoms with Gasteiger partial charge in [-0.05, 0) is 79.5 Å².